The lowest BCUT2D eigenvalue weighted by Crippen LogP contribution is -2.44. The third kappa shape index (κ3) is 3.47. The second kappa shape index (κ2) is 7.45. The van der Waals surface area contributed by atoms with Gasteiger partial charge in [0.05, 0.1) is 35.2 Å². The van der Waals surface area contributed by atoms with E-state index in [1.165, 1.54) is 35.6 Å². The number of hydrogen-bond donors (Lipinski definition) is 1. The fourth-order valence-electron chi connectivity index (χ4n) is 4.92. The van der Waals surface area contributed by atoms with Gasteiger partial charge in [-0.15, -0.1) is 13.2 Å². The van der Waals surface area contributed by atoms with Gasteiger partial charge in [-0.1, -0.05) is 0 Å². The van der Waals surface area contributed by atoms with Gasteiger partial charge < -0.3 is 20.1 Å². The molecule has 35 heavy (non-hydrogen) atoms. The molecule has 1 fully saturated rings. The van der Waals surface area contributed by atoms with Crippen molar-refractivity contribution < 1.29 is 31.8 Å². The lowest BCUT2D eigenvalue weighted by molar-refractivity contribution is -0.274. The molecule has 2 aliphatic rings. The molecule has 180 valence electrons. The molecule has 8 nitrogen and oxygen atoms in total. The summed E-state index contributed by atoms with van der Waals surface area (Å²) in [7, 11) is 0. The van der Waals surface area contributed by atoms with E-state index in [9.17, 15) is 18.0 Å². The average molecular weight is 487 g/mol. The topological polar surface area (TPSA) is 95.0 Å². The molecular weight excluding hydrogens is 470 g/mol. The zero-order valence-corrected chi connectivity index (χ0v) is 17.9. The predicted octanol–water partition coefficient (Wildman–Crippen LogP) is 4.24. The molecule has 2 atom stereocenters. The molecular formula is C23H17F4N5O3. The Bertz CT molecular complexity index is 1500. The number of nitrogens with zero attached hydrogens (tertiary/aromatic N) is 4. The van der Waals surface area contributed by atoms with Gasteiger partial charge in [-0.25, -0.2) is 14.4 Å². The van der Waals surface area contributed by atoms with Crippen molar-refractivity contribution in [1.82, 2.24) is 19.3 Å². The molecule has 0 unspecified atom stereocenters. The first-order chi connectivity index (χ1) is 16.7. The molecule has 4 aromatic rings. The van der Waals surface area contributed by atoms with Crippen molar-refractivity contribution >= 4 is 28.3 Å². The summed E-state index contributed by atoms with van der Waals surface area (Å²) in [5.41, 5.74) is 7.56. The maximum atomic E-state index is 15.1. The Morgan fingerprint density at radius 2 is 2.03 bits per heavy atom. The Balaban J connectivity index is 1.39. The van der Waals surface area contributed by atoms with Crippen LogP contribution in [0.4, 0.5) is 23.4 Å². The van der Waals surface area contributed by atoms with E-state index in [1.54, 1.807) is 4.40 Å². The molecule has 0 spiro atoms. The highest BCUT2D eigenvalue weighted by molar-refractivity contribution is 5.99. The summed E-state index contributed by atoms with van der Waals surface area (Å²) < 4.78 is 64.5. The summed E-state index contributed by atoms with van der Waals surface area (Å²) in [6.45, 7) is 0.335. The number of anilines is 1. The predicted molar refractivity (Wildman–Crippen MR) is 115 cm³/mol. The number of ether oxygens (including phenoxy) is 2. The summed E-state index contributed by atoms with van der Waals surface area (Å²) in [5.74, 6) is -1.34. The van der Waals surface area contributed by atoms with Crippen LogP contribution >= 0.6 is 0 Å². The molecule has 0 saturated carbocycles. The van der Waals surface area contributed by atoms with Gasteiger partial charge in [0.2, 0.25) is 0 Å². The third-order valence-electron chi connectivity index (χ3n) is 6.35. The molecule has 1 amide bonds. The zero-order chi connectivity index (χ0) is 24.5. The van der Waals surface area contributed by atoms with Gasteiger partial charge >= 0.3 is 6.36 Å². The maximum Gasteiger partial charge on any atom is 0.573 e. The second-order valence-electron chi connectivity index (χ2n) is 8.46. The summed E-state index contributed by atoms with van der Waals surface area (Å²) >= 11 is 0. The Hall–Kier alpha value is -4.09. The van der Waals surface area contributed by atoms with Crippen LogP contribution in [0.2, 0.25) is 0 Å². The van der Waals surface area contributed by atoms with E-state index in [-0.39, 0.29) is 22.6 Å². The van der Waals surface area contributed by atoms with Crippen molar-refractivity contribution in [3.8, 4) is 11.5 Å². The number of rotatable bonds is 2. The number of imidazole rings is 1. The van der Waals surface area contributed by atoms with Crippen molar-refractivity contribution in [2.75, 3.05) is 12.3 Å². The number of fused-ring (bicyclic) bond motifs is 6. The Kier molecular flexibility index (Phi) is 4.57. The second-order valence-corrected chi connectivity index (χ2v) is 8.46. The molecule has 0 radical (unpaired) electrons. The van der Waals surface area contributed by atoms with E-state index >= 15 is 4.39 Å². The number of benzene rings is 2. The SMILES string of the molecule is Nc1nc2cc(F)c(C(=O)N3CCC[C@H]4Oc5cc(OC(F)(F)F)ccc5[C@H]43)cc2n2cncc12. The quantitative estimate of drug-likeness (QED) is 0.425. The number of halogens is 4. The van der Waals surface area contributed by atoms with Crippen molar-refractivity contribution in [3.63, 3.8) is 0 Å². The van der Waals surface area contributed by atoms with Crippen LogP contribution in [-0.2, 0) is 0 Å². The number of carbonyl (C=O) groups excluding carboxylic acids is 1. The number of aromatic nitrogens is 3. The zero-order valence-electron chi connectivity index (χ0n) is 17.9. The fourth-order valence-corrected chi connectivity index (χ4v) is 4.92. The van der Waals surface area contributed by atoms with Crippen LogP contribution < -0.4 is 15.2 Å². The Morgan fingerprint density at radius 3 is 2.83 bits per heavy atom. The first kappa shape index (κ1) is 21.4. The first-order valence-corrected chi connectivity index (χ1v) is 10.8. The van der Waals surface area contributed by atoms with Gasteiger partial charge in [-0.05, 0) is 31.0 Å². The first-order valence-electron chi connectivity index (χ1n) is 10.8. The minimum absolute atomic E-state index is 0.162. The molecule has 6 rings (SSSR count). The molecule has 0 aliphatic carbocycles. The Morgan fingerprint density at radius 1 is 1.20 bits per heavy atom. The maximum absolute atomic E-state index is 15.1. The average Bonchev–Trinajstić information content (AvgIpc) is 3.42. The van der Waals surface area contributed by atoms with Gasteiger partial charge in [0, 0.05) is 24.2 Å². The normalized spacial score (nSPS) is 19.5. The van der Waals surface area contributed by atoms with Gasteiger partial charge in [0.1, 0.15) is 34.8 Å². The summed E-state index contributed by atoms with van der Waals surface area (Å²) in [6, 6.07) is 5.78. The smallest absolute Gasteiger partial charge is 0.487 e. The molecule has 2 aliphatic heterocycles. The van der Waals surface area contributed by atoms with E-state index < -0.39 is 36.0 Å². The highest BCUT2D eigenvalue weighted by Gasteiger charge is 2.44. The van der Waals surface area contributed by atoms with Crippen LogP contribution in [0, 0.1) is 5.82 Å². The van der Waals surface area contributed by atoms with Gasteiger partial charge in [-0.2, -0.15) is 0 Å². The van der Waals surface area contributed by atoms with E-state index in [2.05, 4.69) is 14.7 Å². The monoisotopic (exact) mass is 487 g/mol. The van der Waals surface area contributed by atoms with Crippen molar-refractivity contribution in [2.24, 2.45) is 0 Å². The number of nitrogen functional groups attached to an aromatic ring is 1. The number of carbonyl (C=O) groups is 1. The molecule has 2 aromatic carbocycles. The molecule has 2 N–H and O–H groups in total. The Labute approximate surface area is 194 Å². The van der Waals surface area contributed by atoms with E-state index in [0.29, 0.717) is 36.0 Å². The minimum Gasteiger partial charge on any atom is -0.487 e. The van der Waals surface area contributed by atoms with Crippen molar-refractivity contribution in [3.05, 3.63) is 59.8 Å². The van der Waals surface area contributed by atoms with Crippen LogP contribution in [0.15, 0.2) is 42.9 Å². The molecule has 1 saturated heterocycles. The summed E-state index contributed by atoms with van der Waals surface area (Å²) in [5, 5.41) is 0. The highest BCUT2D eigenvalue weighted by Crippen LogP contribution is 2.46. The molecule has 4 heterocycles. The summed E-state index contributed by atoms with van der Waals surface area (Å²) in [6.07, 6.45) is -1.10. The van der Waals surface area contributed by atoms with Crippen LogP contribution in [0.25, 0.3) is 16.6 Å². The number of amides is 1. The van der Waals surface area contributed by atoms with Crippen LogP contribution in [-0.4, -0.2) is 44.2 Å². The number of likely N-dealkylation sites (tertiary alicyclic amines) is 1. The molecule has 12 heteroatoms. The van der Waals surface area contributed by atoms with E-state index in [1.807, 2.05) is 0 Å². The lowest BCUT2D eigenvalue weighted by Gasteiger charge is -2.36. The molecule has 0 bridgehead atoms. The van der Waals surface area contributed by atoms with Crippen LogP contribution in [0.3, 0.4) is 0 Å². The largest absolute Gasteiger partial charge is 0.573 e. The van der Waals surface area contributed by atoms with E-state index in [0.717, 1.165) is 12.1 Å². The van der Waals surface area contributed by atoms with Crippen molar-refractivity contribution in [1.29, 1.82) is 0 Å². The number of alkyl halides is 3. The van der Waals surface area contributed by atoms with Crippen LogP contribution in [0.1, 0.15) is 34.8 Å². The lowest BCUT2D eigenvalue weighted by atomic mass is 9.93. The number of piperidine rings is 1. The van der Waals surface area contributed by atoms with Gasteiger partial charge in [-0.3, -0.25) is 9.20 Å². The standard InChI is InChI=1S/C23H17F4N5O3/c24-14-8-15-16(32-10-29-9-17(32)21(28)30-15)7-13(14)22(33)31-5-1-2-18-20(31)12-4-3-11(6-19(12)34-18)35-23(25,26)27/h3-4,6-10,18,20H,1-2,5H2,(H2,28,30)/t18-,20-/m1/s1. The highest BCUT2D eigenvalue weighted by atomic mass is 19.4. The third-order valence-corrected chi connectivity index (χ3v) is 6.35. The van der Waals surface area contributed by atoms with Gasteiger partial charge in [0.25, 0.3) is 5.91 Å². The fraction of sp³-hybridized carbons (Fsp3) is 0.261. The molecule has 2 aromatic heterocycles. The van der Waals surface area contributed by atoms with E-state index in [4.69, 9.17) is 10.5 Å². The van der Waals surface area contributed by atoms with Gasteiger partial charge in [0.15, 0.2) is 0 Å². The summed E-state index contributed by atoms with van der Waals surface area (Å²) in [4.78, 5) is 23.4. The number of hydrogen-bond acceptors (Lipinski definition) is 6. The van der Waals surface area contributed by atoms with Crippen LogP contribution in [0.5, 0.6) is 11.5 Å². The minimum atomic E-state index is -4.84. The van der Waals surface area contributed by atoms with Crippen molar-refractivity contribution in [2.45, 2.75) is 31.3 Å². The number of nitrogens with two attached hydrogens (primary N) is 1.